The van der Waals surface area contributed by atoms with Gasteiger partial charge in [-0.1, -0.05) is 30.3 Å². The molecule has 0 amide bonds. The second kappa shape index (κ2) is 11.7. The van der Waals surface area contributed by atoms with E-state index in [1.54, 1.807) is 18.2 Å². The number of carbonyl (C=O) groups is 2. The molecule has 0 saturated carbocycles. The highest BCUT2D eigenvalue weighted by Crippen LogP contribution is 2.49. The summed E-state index contributed by atoms with van der Waals surface area (Å²) in [7, 11) is 5.82. The molecule has 0 radical (unpaired) electrons. The molecule has 0 heterocycles. The summed E-state index contributed by atoms with van der Waals surface area (Å²) in [5.41, 5.74) is 2.05. The largest absolute Gasteiger partial charge is 0.493 e. The lowest BCUT2D eigenvalue weighted by atomic mass is 9.93. The highest BCUT2D eigenvalue weighted by Gasteiger charge is 2.27. The standard InChI is InChI=1S/C26H26O8/c1-29-16-34-25-21(30-2)11-10-18(13-27)23(25)19-12-22(33-15-17-8-6-5-7-9-17)26(32-4)24(31-3)20(19)14-28/h5-14H,15-16H2,1-4H3. The van der Waals surface area contributed by atoms with Gasteiger partial charge in [0.15, 0.2) is 42.4 Å². The van der Waals surface area contributed by atoms with E-state index in [9.17, 15) is 9.59 Å². The summed E-state index contributed by atoms with van der Waals surface area (Å²) in [6.07, 6.45) is 1.30. The van der Waals surface area contributed by atoms with Crippen LogP contribution >= 0.6 is 0 Å². The average molecular weight is 466 g/mol. The molecule has 0 aliphatic carbocycles. The number of carbonyl (C=O) groups excluding carboxylic acids is 2. The Morgan fingerprint density at radius 2 is 1.47 bits per heavy atom. The number of methoxy groups -OCH3 is 4. The van der Waals surface area contributed by atoms with Crippen molar-refractivity contribution in [1.29, 1.82) is 0 Å². The van der Waals surface area contributed by atoms with Crippen LogP contribution in [0.2, 0.25) is 0 Å². The van der Waals surface area contributed by atoms with Crippen molar-refractivity contribution in [2.75, 3.05) is 35.2 Å². The molecule has 0 atom stereocenters. The molecular weight excluding hydrogens is 440 g/mol. The van der Waals surface area contributed by atoms with E-state index < -0.39 is 0 Å². The zero-order chi connectivity index (χ0) is 24.5. The van der Waals surface area contributed by atoms with E-state index in [0.29, 0.717) is 35.2 Å². The molecule has 8 nitrogen and oxygen atoms in total. The second-order valence-electron chi connectivity index (χ2n) is 7.02. The van der Waals surface area contributed by atoms with Crippen LogP contribution in [0.25, 0.3) is 11.1 Å². The van der Waals surface area contributed by atoms with Crippen molar-refractivity contribution < 1.29 is 38.0 Å². The lowest BCUT2D eigenvalue weighted by Crippen LogP contribution is -2.07. The lowest BCUT2D eigenvalue weighted by Gasteiger charge is -2.21. The van der Waals surface area contributed by atoms with Gasteiger partial charge in [0.1, 0.15) is 6.61 Å². The predicted octanol–water partition coefficient (Wildman–Crippen LogP) is 4.57. The Labute approximate surface area is 197 Å². The fourth-order valence-corrected chi connectivity index (χ4v) is 3.57. The Morgan fingerprint density at radius 3 is 2.06 bits per heavy atom. The Bertz CT molecular complexity index is 1140. The van der Waals surface area contributed by atoms with Crippen molar-refractivity contribution in [1.82, 2.24) is 0 Å². The van der Waals surface area contributed by atoms with E-state index in [4.69, 9.17) is 28.4 Å². The summed E-state index contributed by atoms with van der Waals surface area (Å²) in [6, 6.07) is 14.4. The molecule has 0 bridgehead atoms. The molecule has 0 fully saturated rings. The van der Waals surface area contributed by atoms with Gasteiger partial charge in [0.25, 0.3) is 0 Å². The Balaban J connectivity index is 2.28. The van der Waals surface area contributed by atoms with Gasteiger partial charge in [-0.2, -0.15) is 0 Å². The highest BCUT2D eigenvalue weighted by atomic mass is 16.7. The third-order valence-corrected chi connectivity index (χ3v) is 5.09. The van der Waals surface area contributed by atoms with Gasteiger partial charge in [0, 0.05) is 23.8 Å². The minimum absolute atomic E-state index is 0.104. The van der Waals surface area contributed by atoms with Gasteiger partial charge >= 0.3 is 0 Å². The minimum Gasteiger partial charge on any atom is -0.493 e. The van der Waals surface area contributed by atoms with Gasteiger partial charge in [-0.3, -0.25) is 9.59 Å². The van der Waals surface area contributed by atoms with Gasteiger partial charge < -0.3 is 28.4 Å². The zero-order valence-corrected chi connectivity index (χ0v) is 19.5. The molecule has 34 heavy (non-hydrogen) atoms. The number of ether oxygens (including phenoxy) is 6. The molecule has 3 rings (SSSR count). The monoisotopic (exact) mass is 466 g/mol. The minimum atomic E-state index is -0.104. The van der Waals surface area contributed by atoms with Gasteiger partial charge in [-0.05, 0) is 23.8 Å². The van der Waals surface area contributed by atoms with Crippen LogP contribution in [0.4, 0.5) is 0 Å². The molecular formula is C26H26O8. The van der Waals surface area contributed by atoms with Gasteiger partial charge in [0.05, 0.1) is 26.9 Å². The summed E-state index contributed by atoms with van der Waals surface area (Å²) < 4.78 is 33.4. The van der Waals surface area contributed by atoms with Crippen LogP contribution in [0.1, 0.15) is 26.3 Å². The first-order valence-electron chi connectivity index (χ1n) is 10.3. The van der Waals surface area contributed by atoms with Gasteiger partial charge in [0.2, 0.25) is 5.75 Å². The van der Waals surface area contributed by atoms with Crippen LogP contribution in [0.3, 0.4) is 0 Å². The van der Waals surface area contributed by atoms with Crippen molar-refractivity contribution >= 4 is 12.6 Å². The topological polar surface area (TPSA) is 89.5 Å². The molecule has 178 valence electrons. The average Bonchev–Trinajstić information content (AvgIpc) is 2.89. The van der Waals surface area contributed by atoms with Crippen molar-refractivity contribution in [3.05, 3.63) is 65.2 Å². The van der Waals surface area contributed by atoms with Gasteiger partial charge in [-0.15, -0.1) is 0 Å². The summed E-state index contributed by atoms with van der Waals surface area (Å²) in [6.45, 7) is 0.138. The fraction of sp³-hybridized carbons (Fsp3) is 0.231. The van der Waals surface area contributed by atoms with Crippen LogP contribution in [0, 0.1) is 0 Å². The van der Waals surface area contributed by atoms with E-state index in [2.05, 4.69) is 0 Å². The summed E-state index contributed by atoms with van der Waals surface area (Å²) in [4.78, 5) is 24.3. The lowest BCUT2D eigenvalue weighted by molar-refractivity contribution is 0.0495. The normalized spacial score (nSPS) is 10.4. The second-order valence-corrected chi connectivity index (χ2v) is 7.02. The van der Waals surface area contributed by atoms with E-state index in [1.165, 1.54) is 28.4 Å². The maximum atomic E-state index is 12.3. The molecule has 3 aromatic rings. The van der Waals surface area contributed by atoms with E-state index in [-0.39, 0.29) is 41.8 Å². The van der Waals surface area contributed by atoms with E-state index in [1.807, 2.05) is 30.3 Å². The quantitative estimate of drug-likeness (QED) is 0.283. The van der Waals surface area contributed by atoms with Crippen molar-refractivity contribution in [2.24, 2.45) is 0 Å². The number of rotatable bonds is 12. The van der Waals surface area contributed by atoms with Gasteiger partial charge in [-0.25, -0.2) is 0 Å². The molecule has 3 aromatic carbocycles. The molecule has 0 unspecified atom stereocenters. The molecule has 0 aromatic heterocycles. The first kappa shape index (κ1) is 24.6. The number of hydrogen-bond acceptors (Lipinski definition) is 8. The third-order valence-electron chi connectivity index (χ3n) is 5.09. The van der Waals surface area contributed by atoms with E-state index in [0.717, 1.165) is 5.56 Å². The summed E-state index contributed by atoms with van der Waals surface area (Å²) in [5, 5.41) is 0. The van der Waals surface area contributed by atoms with Crippen molar-refractivity contribution in [3.8, 4) is 39.9 Å². The van der Waals surface area contributed by atoms with Crippen LogP contribution in [-0.4, -0.2) is 47.8 Å². The molecule has 0 saturated heterocycles. The maximum absolute atomic E-state index is 12.3. The first-order chi connectivity index (χ1) is 16.6. The molecule has 0 N–H and O–H groups in total. The number of benzene rings is 3. The molecule has 0 aliphatic heterocycles. The fourth-order valence-electron chi connectivity index (χ4n) is 3.57. The van der Waals surface area contributed by atoms with Crippen molar-refractivity contribution in [2.45, 2.75) is 6.61 Å². The summed E-state index contributed by atoms with van der Waals surface area (Å²) in [5.74, 6) is 1.32. The summed E-state index contributed by atoms with van der Waals surface area (Å²) >= 11 is 0. The van der Waals surface area contributed by atoms with Crippen LogP contribution in [0.15, 0.2) is 48.5 Å². The molecule has 0 aliphatic rings. The smallest absolute Gasteiger partial charge is 0.204 e. The Kier molecular flexibility index (Phi) is 8.48. The zero-order valence-electron chi connectivity index (χ0n) is 19.5. The molecule has 8 heteroatoms. The highest BCUT2D eigenvalue weighted by molar-refractivity contribution is 6.00. The van der Waals surface area contributed by atoms with Crippen LogP contribution in [-0.2, 0) is 11.3 Å². The molecule has 0 spiro atoms. The third kappa shape index (κ3) is 4.97. The predicted molar refractivity (Wildman–Crippen MR) is 126 cm³/mol. The Hall–Kier alpha value is -4.04. The SMILES string of the molecule is COCOc1c(OC)ccc(C=O)c1-c1cc(OCc2ccccc2)c(OC)c(OC)c1C=O. The number of hydrogen-bond donors (Lipinski definition) is 0. The maximum Gasteiger partial charge on any atom is 0.204 e. The van der Waals surface area contributed by atoms with Crippen LogP contribution in [0.5, 0.6) is 28.7 Å². The Morgan fingerprint density at radius 1 is 0.735 bits per heavy atom. The first-order valence-corrected chi connectivity index (χ1v) is 10.3. The van der Waals surface area contributed by atoms with E-state index >= 15 is 0 Å². The number of aldehydes is 2. The van der Waals surface area contributed by atoms with Crippen molar-refractivity contribution in [3.63, 3.8) is 0 Å². The van der Waals surface area contributed by atoms with Crippen LogP contribution < -0.4 is 23.7 Å².